The van der Waals surface area contributed by atoms with Crippen LogP contribution in [0.1, 0.15) is 17.7 Å². The van der Waals surface area contributed by atoms with Gasteiger partial charge in [-0.15, -0.1) is 0 Å². The third-order valence-electron chi connectivity index (χ3n) is 3.49. The molecule has 5 heteroatoms. The van der Waals surface area contributed by atoms with Crippen molar-refractivity contribution in [2.45, 2.75) is 26.0 Å². The van der Waals surface area contributed by atoms with Gasteiger partial charge < -0.3 is 10.2 Å². The van der Waals surface area contributed by atoms with Gasteiger partial charge in [0.15, 0.2) is 0 Å². The van der Waals surface area contributed by atoms with Crippen LogP contribution in [0.5, 0.6) is 0 Å². The standard InChI is InChI=1S/C13H18N2O3/c1-9-10(3-2-5-14-9)7-15-6-4-11(13(17)18)12(16)8-15/h2-3,5,11-12,16H,4,6-8H2,1H3,(H,17,18)/t11-,12+/m0/s1. The van der Waals surface area contributed by atoms with Gasteiger partial charge in [-0.2, -0.15) is 0 Å². The molecule has 1 aromatic heterocycles. The molecule has 2 heterocycles. The molecule has 1 fully saturated rings. The number of hydrogen-bond acceptors (Lipinski definition) is 4. The van der Waals surface area contributed by atoms with Crippen molar-refractivity contribution in [1.82, 2.24) is 9.88 Å². The van der Waals surface area contributed by atoms with Crippen LogP contribution >= 0.6 is 0 Å². The molecule has 5 nitrogen and oxygen atoms in total. The van der Waals surface area contributed by atoms with E-state index >= 15 is 0 Å². The lowest BCUT2D eigenvalue weighted by Gasteiger charge is -2.34. The van der Waals surface area contributed by atoms with Crippen LogP contribution in [0, 0.1) is 12.8 Å². The van der Waals surface area contributed by atoms with Gasteiger partial charge in [0.1, 0.15) is 0 Å². The quantitative estimate of drug-likeness (QED) is 0.824. The third kappa shape index (κ3) is 2.86. The average Bonchev–Trinajstić information content (AvgIpc) is 2.32. The predicted molar refractivity (Wildman–Crippen MR) is 66.0 cm³/mol. The topological polar surface area (TPSA) is 73.7 Å². The van der Waals surface area contributed by atoms with Gasteiger partial charge in [0.2, 0.25) is 0 Å². The highest BCUT2D eigenvalue weighted by molar-refractivity contribution is 5.70. The molecule has 98 valence electrons. The molecule has 0 aromatic carbocycles. The van der Waals surface area contributed by atoms with Crippen LogP contribution in [0.25, 0.3) is 0 Å². The fourth-order valence-corrected chi connectivity index (χ4v) is 2.35. The molecule has 0 radical (unpaired) electrons. The maximum atomic E-state index is 10.9. The zero-order valence-corrected chi connectivity index (χ0v) is 10.4. The maximum absolute atomic E-state index is 10.9. The van der Waals surface area contributed by atoms with Crippen molar-refractivity contribution in [2.24, 2.45) is 5.92 Å². The molecule has 1 aliphatic rings. The molecule has 1 saturated heterocycles. The van der Waals surface area contributed by atoms with Crippen molar-refractivity contribution in [3.05, 3.63) is 29.6 Å². The Morgan fingerprint density at radius 3 is 3.00 bits per heavy atom. The first-order valence-electron chi connectivity index (χ1n) is 6.11. The highest BCUT2D eigenvalue weighted by Crippen LogP contribution is 2.20. The number of likely N-dealkylation sites (tertiary alicyclic amines) is 1. The van der Waals surface area contributed by atoms with E-state index in [2.05, 4.69) is 9.88 Å². The zero-order valence-electron chi connectivity index (χ0n) is 10.4. The van der Waals surface area contributed by atoms with Gasteiger partial charge in [0.25, 0.3) is 0 Å². The molecule has 18 heavy (non-hydrogen) atoms. The highest BCUT2D eigenvalue weighted by atomic mass is 16.4. The van der Waals surface area contributed by atoms with Gasteiger partial charge in [-0.25, -0.2) is 0 Å². The summed E-state index contributed by atoms with van der Waals surface area (Å²) in [6, 6.07) is 3.90. The molecule has 1 aromatic rings. The summed E-state index contributed by atoms with van der Waals surface area (Å²) >= 11 is 0. The lowest BCUT2D eigenvalue weighted by atomic mass is 9.94. The molecule has 1 aliphatic heterocycles. The second-order valence-electron chi connectivity index (χ2n) is 4.78. The summed E-state index contributed by atoms with van der Waals surface area (Å²) in [4.78, 5) is 17.2. The predicted octanol–water partition coefficient (Wildman–Crippen LogP) is 0.657. The van der Waals surface area contributed by atoms with Gasteiger partial charge in [-0.05, 0) is 31.5 Å². The minimum absolute atomic E-state index is 0.408. The molecule has 2 atom stereocenters. The molecule has 0 aliphatic carbocycles. The van der Waals surface area contributed by atoms with E-state index in [1.165, 1.54) is 0 Å². The van der Waals surface area contributed by atoms with Gasteiger partial charge in [0.05, 0.1) is 12.0 Å². The van der Waals surface area contributed by atoms with Crippen LogP contribution in [-0.2, 0) is 11.3 Å². The Bertz CT molecular complexity index is 436. The minimum atomic E-state index is -0.903. The fourth-order valence-electron chi connectivity index (χ4n) is 2.35. The van der Waals surface area contributed by atoms with Crippen LogP contribution < -0.4 is 0 Å². The molecule has 0 saturated carbocycles. The highest BCUT2D eigenvalue weighted by Gasteiger charge is 2.32. The molecular formula is C13H18N2O3. The summed E-state index contributed by atoms with van der Waals surface area (Å²) < 4.78 is 0. The average molecular weight is 250 g/mol. The zero-order chi connectivity index (χ0) is 13.1. The fraction of sp³-hybridized carbons (Fsp3) is 0.538. The number of rotatable bonds is 3. The third-order valence-corrected chi connectivity index (χ3v) is 3.49. The van der Waals surface area contributed by atoms with E-state index in [0.717, 1.165) is 11.3 Å². The Morgan fingerprint density at radius 2 is 2.39 bits per heavy atom. The number of carboxylic acids is 1. The first-order chi connectivity index (χ1) is 8.58. The van der Waals surface area contributed by atoms with Gasteiger partial charge in [0, 0.05) is 25.0 Å². The van der Waals surface area contributed by atoms with E-state index in [4.69, 9.17) is 5.11 Å². The Labute approximate surface area is 106 Å². The largest absolute Gasteiger partial charge is 0.481 e. The number of piperidine rings is 1. The first-order valence-corrected chi connectivity index (χ1v) is 6.11. The molecule has 0 amide bonds. The van der Waals surface area contributed by atoms with E-state index in [1.54, 1.807) is 6.20 Å². The molecule has 2 N–H and O–H groups in total. The van der Waals surface area contributed by atoms with Crippen molar-refractivity contribution in [3.63, 3.8) is 0 Å². The lowest BCUT2D eigenvalue weighted by Crippen LogP contribution is -2.46. The molecular weight excluding hydrogens is 232 g/mol. The van der Waals surface area contributed by atoms with E-state index < -0.39 is 18.0 Å². The first kappa shape index (κ1) is 13.0. The SMILES string of the molecule is Cc1ncccc1CN1CC[C@H](C(=O)O)[C@H](O)C1. The lowest BCUT2D eigenvalue weighted by molar-refractivity contribution is -0.148. The molecule has 0 spiro atoms. The summed E-state index contributed by atoms with van der Waals surface area (Å²) in [5.41, 5.74) is 2.10. The van der Waals surface area contributed by atoms with Crippen molar-refractivity contribution >= 4 is 5.97 Å². The smallest absolute Gasteiger partial charge is 0.309 e. The van der Waals surface area contributed by atoms with E-state index in [0.29, 0.717) is 26.1 Å². The Kier molecular flexibility index (Phi) is 3.93. The number of aryl methyl sites for hydroxylation is 1. The second kappa shape index (κ2) is 5.46. The number of aromatic nitrogens is 1. The number of hydrogen-bond donors (Lipinski definition) is 2. The number of β-amino-alcohol motifs (C(OH)–C–C–N with tert-alkyl or cyclic N) is 1. The number of carbonyl (C=O) groups is 1. The monoisotopic (exact) mass is 250 g/mol. The van der Waals surface area contributed by atoms with Crippen molar-refractivity contribution in [1.29, 1.82) is 0 Å². The normalized spacial score (nSPS) is 25.0. The molecule has 0 bridgehead atoms. The Hall–Kier alpha value is -1.46. The van der Waals surface area contributed by atoms with Crippen molar-refractivity contribution in [3.8, 4) is 0 Å². The van der Waals surface area contributed by atoms with E-state index in [9.17, 15) is 9.90 Å². The summed E-state index contributed by atoms with van der Waals surface area (Å²) in [7, 11) is 0. The van der Waals surface area contributed by atoms with Gasteiger partial charge in [-0.3, -0.25) is 14.7 Å². The number of aliphatic hydroxyl groups is 1. The number of carboxylic acid groups (broad SMARTS) is 1. The van der Waals surface area contributed by atoms with Crippen molar-refractivity contribution < 1.29 is 15.0 Å². The number of pyridine rings is 1. The summed E-state index contributed by atoms with van der Waals surface area (Å²) in [6.07, 6.45) is 1.47. The van der Waals surface area contributed by atoms with Crippen LogP contribution in [0.15, 0.2) is 18.3 Å². The molecule has 0 unspecified atom stereocenters. The number of aliphatic carboxylic acids is 1. The Balaban J connectivity index is 1.97. The van der Waals surface area contributed by atoms with Gasteiger partial charge in [-0.1, -0.05) is 6.07 Å². The number of aliphatic hydroxyl groups excluding tert-OH is 1. The molecule has 2 rings (SSSR count). The van der Waals surface area contributed by atoms with E-state index in [1.807, 2.05) is 19.1 Å². The van der Waals surface area contributed by atoms with Crippen LogP contribution in [0.4, 0.5) is 0 Å². The van der Waals surface area contributed by atoms with Gasteiger partial charge >= 0.3 is 5.97 Å². The van der Waals surface area contributed by atoms with Crippen LogP contribution in [0.2, 0.25) is 0 Å². The maximum Gasteiger partial charge on any atom is 0.309 e. The second-order valence-corrected chi connectivity index (χ2v) is 4.78. The Morgan fingerprint density at radius 1 is 1.61 bits per heavy atom. The summed E-state index contributed by atoms with van der Waals surface area (Å²) in [5.74, 6) is -1.53. The van der Waals surface area contributed by atoms with E-state index in [-0.39, 0.29) is 0 Å². The summed E-state index contributed by atoms with van der Waals surface area (Å²) in [6.45, 7) is 3.77. The van der Waals surface area contributed by atoms with Crippen LogP contribution in [0.3, 0.4) is 0 Å². The minimum Gasteiger partial charge on any atom is -0.481 e. The van der Waals surface area contributed by atoms with Crippen molar-refractivity contribution in [2.75, 3.05) is 13.1 Å². The summed E-state index contributed by atoms with van der Waals surface area (Å²) in [5, 5.41) is 18.8. The van der Waals surface area contributed by atoms with Crippen LogP contribution in [-0.4, -0.2) is 45.3 Å². The number of nitrogens with zero attached hydrogens (tertiary/aromatic N) is 2.